The highest BCUT2D eigenvalue weighted by atomic mass is 16.7. The van der Waals surface area contributed by atoms with Gasteiger partial charge in [-0.15, -0.1) is 0 Å². The first-order chi connectivity index (χ1) is 9.48. The van der Waals surface area contributed by atoms with Crippen molar-refractivity contribution in [3.63, 3.8) is 0 Å². The Balaban J connectivity index is 2.39. The zero-order chi connectivity index (χ0) is 16.1. The lowest BCUT2D eigenvalue weighted by atomic mass is 9.76. The standard InChI is InChI=1S/C17H27BO3/c1-8-17(7,19)13-9-12(2)10-14(11-13)18-20-15(3,4)16(5,6)21-18/h9-11,19H,8H2,1-7H3. The molecule has 0 spiro atoms. The van der Waals surface area contributed by atoms with Crippen molar-refractivity contribution in [3.8, 4) is 0 Å². The first-order valence-electron chi connectivity index (χ1n) is 7.68. The molecule has 1 saturated heterocycles. The lowest BCUT2D eigenvalue weighted by Crippen LogP contribution is -2.41. The Morgan fingerprint density at radius 1 is 1.10 bits per heavy atom. The fraction of sp³-hybridized carbons (Fsp3) is 0.647. The third-order valence-corrected chi connectivity index (χ3v) is 4.94. The van der Waals surface area contributed by atoms with Gasteiger partial charge in [-0.05, 0) is 59.0 Å². The van der Waals surface area contributed by atoms with Crippen LogP contribution in [0.1, 0.15) is 59.1 Å². The van der Waals surface area contributed by atoms with Crippen LogP contribution in [0.25, 0.3) is 0 Å². The fourth-order valence-electron chi connectivity index (χ4n) is 2.44. The Labute approximate surface area is 128 Å². The van der Waals surface area contributed by atoms with Crippen LogP contribution in [0.2, 0.25) is 0 Å². The molecule has 1 aromatic carbocycles. The molecule has 3 nitrogen and oxygen atoms in total. The summed E-state index contributed by atoms with van der Waals surface area (Å²) in [5.74, 6) is 0. The molecule has 0 radical (unpaired) electrons. The Morgan fingerprint density at radius 3 is 2.10 bits per heavy atom. The Hall–Kier alpha value is -0.835. The second-order valence-electron chi connectivity index (χ2n) is 7.35. The van der Waals surface area contributed by atoms with E-state index in [2.05, 4.69) is 6.07 Å². The predicted molar refractivity (Wildman–Crippen MR) is 86.8 cm³/mol. The molecule has 1 aromatic rings. The van der Waals surface area contributed by atoms with E-state index in [-0.39, 0.29) is 18.3 Å². The minimum absolute atomic E-state index is 0.352. The highest BCUT2D eigenvalue weighted by molar-refractivity contribution is 6.62. The summed E-state index contributed by atoms with van der Waals surface area (Å²) in [5, 5.41) is 10.5. The number of hydrogen-bond donors (Lipinski definition) is 1. The molecule has 0 bridgehead atoms. The first-order valence-corrected chi connectivity index (χ1v) is 7.68. The predicted octanol–water partition coefficient (Wildman–Crippen LogP) is 2.91. The molecule has 4 heteroatoms. The van der Waals surface area contributed by atoms with E-state index in [1.807, 2.05) is 60.6 Å². The van der Waals surface area contributed by atoms with E-state index in [4.69, 9.17) is 9.31 Å². The zero-order valence-electron chi connectivity index (χ0n) is 14.3. The minimum Gasteiger partial charge on any atom is -0.399 e. The van der Waals surface area contributed by atoms with Crippen LogP contribution in [0.3, 0.4) is 0 Å². The second-order valence-corrected chi connectivity index (χ2v) is 7.35. The van der Waals surface area contributed by atoms with Crippen molar-refractivity contribution in [1.29, 1.82) is 0 Å². The summed E-state index contributed by atoms with van der Waals surface area (Å²) in [6, 6.07) is 6.09. The van der Waals surface area contributed by atoms with Crippen molar-refractivity contribution in [2.45, 2.75) is 71.7 Å². The van der Waals surface area contributed by atoms with Gasteiger partial charge in [-0.2, -0.15) is 0 Å². The van der Waals surface area contributed by atoms with Gasteiger partial charge in [-0.3, -0.25) is 0 Å². The summed E-state index contributed by atoms with van der Waals surface area (Å²) in [4.78, 5) is 0. The van der Waals surface area contributed by atoms with Crippen molar-refractivity contribution in [2.75, 3.05) is 0 Å². The lowest BCUT2D eigenvalue weighted by molar-refractivity contribution is 0.00578. The third kappa shape index (κ3) is 3.03. The van der Waals surface area contributed by atoms with Crippen LogP contribution in [0.4, 0.5) is 0 Å². The number of aryl methyl sites for hydroxylation is 1. The Bertz CT molecular complexity index is 519. The summed E-state index contributed by atoms with van der Waals surface area (Å²) >= 11 is 0. The van der Waals surface area contributed by atoms with E-state index in [1.165, 1.54) is 0 Å². The van der Waals surface area contributed by atoms with Gasteiger partial charge < -0.3 is 14.4 Å². The molecule has 0 saturated carbocycles. The van der Waals surface area contributed by atoms with E-state index in [0.717, 1.165) is 16.6 Å². The van der Waals surface area contributed by atoms with Crippen molar-refractivity contribution in [1.82, 2.24) is 0 Å². The first kappa shape index (κ1) is 16.5. The number of benzene rings is 1. The van der Waals surface area contributed by atoms with E-state index in [0.29, 0.717) is 6.42 Å². The third-order valence-electron chi connectivity index (χ3n) is 4.94. The fourth-order valence-corrected chi connectivity index (χ4v) is 2.44. The average Bonchev–Trinajstić information content (AvgIpc) is 2.58. The minimum atomic E-state index is -0.829. The van der Waals surface area contributed by atoms with Gasteiger partial charge in [-0.1, -0.05) is 30.7 Å². The van der Waals surface area contributed by atoms with Gasteiger partial charge in [0.25, 0.3) is 0 Å². The molecule has 0 aromatic heterocycles. The molecular weight excluding hydrogens is 263 g/mol. The van der Waals surface area contributed by atoms with Gasteiger partial charge in [0.1, 0.15) is 0 Å². The molecule has 1 aliphatic heterocycles. The summed E-state index contributed by atoms with van der Waals surface area (Å²) in [6.07, 6.45) is 0.666. The van der Waals surface area contributed by atoms with Crippen molar-refractivity contribution in [2.24, 2.45) is 0 Å². The van der Waals surface area contributed by atoms with Gasteiger partial charge in [0, 0.05) is 0 Å². The SMILES string of the molecule is CCC(C)(O)c1cc(C)cc(B2OC(C)(C)C(C)(C)O2)c1. The van der Waals surface area contributed by atoms with Crippen molar-refractivity contribution in [3.05, 3.63) is 29.3 Å². The zero-order valence-corrected chi connectivity index (χ0v) is 14.3. The molecule has 1 N–H and O–H groups in total. The highest BCUT2D eigenvalue weighted by Gasteiger charge is 2.51. The van der Waals surface area contributed by atoms with Crippen molar-refractivity contribution >= 4 is 12.6 Å². The van der Waals surface area contributed by atoms with Crippen LogP contribution >= 0.6 is 0 Å². The molecule has 2 rings (SSSR count). The molecule has 21 heavy (non-hydrogen) atoms. The van der Waals surface area contributed by atoms with E-state index in [9.17, 15) is 5.11 Å². The smallest absolute Gasteiger partial charge is 0.399 e. The average molecular weight is 290 g/mol. The van der Waals surface area contributed by atoms with Crippen LogP contribution < -0.4 is 5.46 Å². The van der Waals surface area contributed by atoms with Crippen LogP contribution in [0.5, 0.6) is 0 Å². The van der Waals surface area contributed by atoms with Gasteiger partial charge in [0.15, 0.2) is 0 Å². The normalized spacial score (nSPS) is 23.1. The van der Waals surface area contributed by atoms with Gasteiger partial charge in [0.2, 0.25) is 0 Å². The van der Waals surface area contributed by atoms with E-state index < -0.39 is 5.60 Å². The monoisotopic (exact) mass is 290 g/mol. The summed E-state index contributed by atoms with van der Waals surface area (Å²) in [5.41, 5.74) is 1.45. The topological polar surface area (TPSA) is 38.7 Å². The van der Waals surface area contributed by atoms with Crippen LogP contribution in [0, 0.1) is 6.92 Å². The Kier molecular flexibility index (Phi) is 4.03. The Morgan fingerprint density at radius 2 is 1.62 bits per heavy atom. The molecule has 0 amide bonds. The van der Waals surface area contributed by atoms with Crippen LogP contribution in [-0.2, 0) is 14.9 Å². The number of hydrogen-bond acceptors (Lipinski definition) is 3. The summed E-state index contributed by atoms with van der Waals surface area (Å²) in [7, 11) is -0.388. The molecule has 1 fully saturated rings. The molecule has 1 unspecified atom stereocenters. The quantitative estimate of drug-likeness (QED) is 0.870. The summed E-state index contributed by atoms with van der Waals surface area (Å²) in [6.45, 7) is 14.0. The molecule has 1 aliphatic rings. The van der Waals surface area contributed by atoms with Gasteiger partial charge >= 0.3 is 7.12 Å². The van der Waals surface area contributed by atoms with E-state index >= 15 is 0 Å². The maximum atomic E-state index is 10.5. The molecular formula is C17H27BO3. The molecule has 1 atom stereocenters. The van der Waals surface area contributed by atoms with E-state index in [1.54, 1.807) is 0 Å². The number of aliphatic hydroxyl groups is 1. The maximum absolute atomic E-state index is 10.5. The molecule has 0 aliphatic carbocycles. The second kappa shape index (κ2) is 5.11. The molecule has 1 heterocycles. The van der Waals surface area contributed by atoms with Crippen LogP contribution in [0.15, 0.2) is 18.2 Å². The van der Waals surface area contributed by atoms with Crippen molar-refractivity contribution < 1.29 is 14.4 Å². The number of rotatable bonds is 3. The molecule has 116 valence electrons. The summed E-state index contributed by atoms with van der Waals surface area (Å²) < 4.78 is 12.2. The largest absolute Gasteiger partial charge is 0.494 e. The van der Waals surface area contributed by atoms with Gasteiger partial charge in [0.05, 0.1) is 16.8 Å². The van der Waals surface area contributed by atoms with Gasteiger partial charge in [-0.25, -0.2) is 0 Å². The maximum Gasteiger partial charge on any atom is 0.494 e. The lowest BCUT2D eigenvalue weighted by Gasteiger charge is -2.32. The highest BCUT2D eigenvalue weighted by Crippen LogP contribution is 2.36. The van der Waals surface area contributed by atoms with Crippen LogP contribution in [-0.4, -0.2) is 23.4 Å².